The lowest BCUT2D eigenvalue weighted by atomic mass is 10.1. The van der Waals surface area contributed by atoms with Gasteiger partial charge < -0.3 is 10.1 Å². The first-order valence-corrected chi connectivity index (χ1v) is 10.4. The normalized spacial score (nSPS) is 10.7. The van der Waals surface area contributed by atoms with Crippen molar-refractivity contribution in [1.29, 1.82) is 0 Å². The molecule has 2 heterocycles. The molecule has 4 rings (SSSR count). The van der Waals surface area contributed by atoms with E-state index >= 15 is 0 Å². The van der Waals surface area contributed by atoms with E-state index in [0.717, 1.165) is 28.1 Å². The van der Waals surface area contributed by atoms with E-state index in [-0.39, 0.29) is 12.5 Å². The van der Waals surface area contributed by atoms with E-state index in [1.165, 1.54) is 11.3 Å². The molecule has 30 heavy (non-hydrogen) atoms. The highest BCUT2D eigenvalue weighted by molar-refractivity contribution is 7.71. The van der Waals surface area contributed by atoms with Crippen LogP contribution in [0.15, 0.2) is 53.9 Å². The predicted molar refractivity (Wildman–Crippen MR) is 120 cm³/mol. The lowest BCUT2D eigenvalue weighted by Crippen LogP contribution is -2.19. The fourth-order valence-electron chi connectivity index (χ4n) is 3.00. The number of anilines is 1. The van der Waals surface area contributed by atoms with Gasteiger partial charge in [-0.05, 0) is 49.5 Å². The minimum Gasteiger partial charge on any atom is -0.497 e. The minimum atomic E-state index is -0.225. The van der Waals surface area contributed by atoms with Gasteiger partial charge >= 0.3 is 0 Å². The lowest BCUT2D eigenvalue weighted by molar-refractivity contribution is -0.116. The molecule has 0 saturated heterocycles. The summed E-state index contributed by atoms with van der Waals surface area (Å²) >= 11 is 6.69. The Kier molecular flexibility index (Phi) is 5.73. The average molecular weight is 438 g/mol. The zero-order chi connectivity index (χ0) is 21.1. The van der Waals surface area contributed by atoms with Gasteiger partial charge in [-0.25, -0.2) is 4.98 Å². The van der Waals surface area contributed by atoms with E-state index in [9.17, 15) is 4.79 Å². The van der Waals surface area contributed by atoms with Gasteiger partial charge in [0.2, 0.25) is 5.91 Å². The van der Waals surface area contributed by atoms with Crippen molar-refractivity contribution in [3.05, 3.63) is 64.2 Å². The Bertz CT molecular complexity index is 1240. The third-order valence-corrected chi connectivity index (χ3v) is 5.54. The second-order valence-corrected chi connectivity index (χ2v) is 7.87. The zero-order valence-corrected chi connectivity index (χ0v) is 18.0. The van der Waals surface area contributed by atoms with Crippen LogP contribution >= 0.6 is 23.6 Å². The Morgan fingerprint density at radius 1 is 1.23 bits per heavy atom. The highest BCUT2D eigenvalue weighted by Crippen LogP contribution is 2.26. The number of hydrogen-bond acceptors (Lipinski definition) is 6. The molecule has 1 amide bonds. The third-order valence-electron chi connectivity index (χ3n) is 4.47. The molecule has 7 nitrogen and oxygen atoms in total. The van der Waals surface area contributed by atoms with Gasteiger partial charge in [0.05, 0.1) is 12.8 Å². The van der Waals surface area contributed by atoms with Crippen LogP contribution in [0.1, 0.15) is 5.56 Å². The number of amides is 1. The number of aromatic amines is 1. The lowest BCUT2D eigenvalue weighted by Gasteiger charge is -2.07. The van der Waals surface area contributed by atoms with Gasteiger partial charge in [-0.2, -0.15) is 5.10 Å². The summed E-state index contributed by atoms with van der Waals surface area (Å²) < 4.78 is 7.24. The molecule has 0 aliphatic carbocycles. The van der Waals surface area contributed by atoms with Crippen molar-refractivity contribution < 1.29 is 9.53 Å². The Balaban J connectivity index is 1.49. The number of carbonyl (C=O) groups excluding carboxylic acids is 1. The summed E-state index contributed by atoms with van der Waals surface area (Å²) in [5, 5.41) is 12.3. The van der Waals surface area contributed by atoms with Crippen LogP contribution in [0, 0.1) is 11.7 Å². The first-order valence-electron chi connectivity index (χ1n) is 9.15. The number of hydrogen-bond donors (Lipinski definition) is 2. The SMILES string of the molecule is COc1ccc(-c2csc(NC(=O)Cn3c(-c4cccc(C)c4)n[nH]c3=S)n2)cc1. The molecule has 0 radical (unpaired) electrons. The van der Waals surface area contributed by atoms with E-state index in [4.69, 9.17) is 17.0 Å². The number of nitrogens with zero attached hydrogens (tertiary/aromatic N) is 3. The summed E-state index contributed by atoms with van der Waals surface area (Å²) in [5.74, 6) is 1.18. The van der Waals surface area contributed by atoms with Gasteiger partial charge in [0.25, 0.3) is 0 Å². The molecule has 4 aromatic rings. The summed E-state index contributed by atoms with van der Waals surface area (Å²) in [6.45, 7) is 2.04. The Hall–Kier alpha value is -3.30. The molecule has 2 aromatic carbocycles. The highest BCUT2D eigenvalue weighted by Gasteiger charge is 2.14. The van der Waals surface area contributed by atoms with Crippen LogP contribution in [-0.4, -0.2) is 32.8 Å². The molecule has 0 fully saturated rings. The molecular formula is C21H19N5O2S2. The third kappa shape index (κ3) is 4.32. The van der Waals surface area contributed by atoms with Crippen molar-refractivity contribution in [1.82, 2.24) is 19.7 Å². The van der Waals surface area contributed by atoms with Crippen molar-refractivity contribution in [3.63, 3.8) is 0 Å². The number of thiazole rings is 1. The number of rotatable bonds is 6. The van der Waals surface area contributed by atoms with Gasteiger partial charge in [0, 0.05) is 16.5 Å². The van der Waals surface area contributed by atoms with Crippen LogP contribution in [0.2, 0.25) is 0 Å². The predicted octanol–water partition coefficient (Wildman–Crippen LogP) is 4.69. The Morgan fingerprint density at radius 2 is 2.03 bits per heavy atom. The van der Waals surface area contributed by atoms with Crippen LogP contribution in [0.4, 0.5) is 5.13 Å². The van der Waals surface area contributed by atoms with Crippen LogP contribution < -0.4 is 10.1 Å². The van der Waals surface area contributed by atoms with Gasteiger partial charge in [0.1, 0.15) is 12.3 Å². The number of aryl methyl sites for hydroxylation is 1. The summed E-state index contributed by atoms with van der Waals surface area (Å²) in [7, 11) is 1.63. The minimum absolute atomic E-state index is 0.0378. The van der Waals surface area contributed by atoms with Crippen molar-refractivity contribution in [2.24, 2.45) is 0 Å². The van der Waals surface area contributed by atoms with Crippen LogP contribution in [0.5, 0.6) is 5.75 Å². The molecule has 0 bridgehead atoms. The van der Waals surface area contributed by atoms with Gasteiger partial charge in [-0.1, -0.05) is 23.8 Å². The topological polar surface area (TPSA) is 84.8 Å². The number of ether oxygens (including phenoxy) is 1. The average Bonchev–Trinajstić information content (AvgIpc) is 3.35. The van der Waals surface area contributed by atoms with Crippen molar-refractivity contribution in [2.75, 3.05) is 12.4 Å². The number of nitrogens with one attached hydrogen (secondary N) is 2. The summed E-state index contributed by atoms with van der Waals surface area (Å²) in [5.41, 5.74) is 3.74. The van der Waals surface area contributed by atoms with Gasteiger partial charge in [0.15, 0.2) is 15.7 Å². The van der Waals surface area contributed by atoms with E-state index in [1.807, 2.05) is 60.8 Å². The van der Waals surface area contributed by atoms with Crippen LogP contribution in [-0.2, 0) is 11.3 Å². The second kappa shape index (κ2) is 8.60. The van der Waals surface area contributed by atoms with Gasteiger partial charge in [-0.3, -0.25) is 14.5 Å². The van der Waals surface area contributed by atoms with E-state index < -0.39 is 0 Å². The van der Waals surface area contributed by atoms with Crippen molar-refractivity contribution in [2.45, 2.75) is 13.5 Å². The second-order valence-electron chi connectivity index (χ2n) is 6.62. The maximum absolute atomic E-state index is 12.6. The molecule has 0 atom stereocenters. The fraction of sp³-hybridized carbons (Fsp3) is 0.143. The number of aromatic nitrogens is 4. The molecule has 0 aliphatic heterocycles. The molecule has 2 aromatic heterocycles. The first-order chi connectivity index (χ1) is 14.5. The zero-order valence-electron chi connectivity index (χ0n) is 16.4. The van der Waals surface area contributed by atoms with E-state index in [0.29, 0.717) is 15.7 Å². The molecule has 0 aliphatic rings. The number of methoxy groups -OCH3 is 1. The van der Waals surface area contributed by atoms with Gasteiger partial charge in [-0.15, -0.1) is 11.3 Å². The largest absolute Gasteiger partial charge is 0.497 e. The van der Waals surface area contributed by atoms with Crippen LogP contribution in [0.25, 0.3) is 22.6 Å². The molecular weight excluding hydrogens is 418 g/mol. The first kappa shape index (κ1) is 20.0. The Labute approximate surface area is 182 Å². The van der Waals surface area contributed by atoms with Crippen molar-refractivity contribution in [3.8, 4) is 28.4 Å². The number of carbonyl (C=O) groups is 1. The number of H-pyrrole nitrogens is 1. The summed E-state index contributed by atoms with van der Waals surface area (Å²) in [6.07, 6.45) is 0. The molecule has 0 spiro atoms. The molecule has 2 N–H and O–H groups in total. The molecule has 0 saturated carbocycles. The fourth-order valence-corrected chi connectivity index (χ4v) is 3.93. The monoisotopic (exact) mass is 437 g/mol. The quantitative estimate of drug-likeness (QED) is 0.428. The van der Waals surface area contributed by atoms with E-state index in [2.05, 4.69) is 20.5 Å². The summed E-state index contributed by atoms with van der Waals surface area (Å²) in [4.78, 5) is 17.1. The van der Waals surface area contributed by atoms with Crippen molar-refractivity contribution >= 4 is 34.6 Å². The number of benzene rings is 2. The van der Waals surface area contributed by atoms with Crippen LogP contribution in [0.3, 0.4) is 0 Å². The molecule has 0 unspecified atom stereocenters. The maximum Gasteiger partial charge on any atom is 0.246 e. The Morgan fingerprint density at radius 3 is 2.77 bits per heavy atom. The molecule has 9 heteroatoms. The standard InChI is InChI=1S/C21H19N5O2S2/c1-13-4-3-5-15(10-13)19-24-25-21(29)26(19)11-18(27)23-20-22-17(12-30-20)14-6-8-16(28-2)9-7-14/h3-10,12H,11H2,1-2H3,(H,25,29)(H,22,23,27). The highest BCUT2D eigenvalue weighted by atomic mass is 32.1. The maximum atomic E-state index is 12.6. The van der Waals surface area contributed by atoms with E-state index in [1.54, 1.807) is 11.7 Å². The smallest absolute Gasteiger partial charge is 0.246 e. The summed E-state index contributed by atoms with van der Waals surface area (Å²) in [6, 6.07) is 15.5. The molecule has 152 valence electrons.